The summed E-state index contributed by atoms with van der Waals surface area (Å²) in [5.74, 6) is 0.601. The average Bonchev–Trinajstić information content (AvgIpc) is 2.99. The van der Waals surface area contributed by atoms with Crippen molar-refractivity contribution in [3.8, 4) is 11.5 Å². The molecule has 0 heterocycles. The number of azide groups is 1. The first-order valence-corrected chi connectivity index (χ1v) is 6.85. The molecule has 6 heteroatoms. The van der Waals surface area contributed by atoms with E-state index in [4.69, 9.17) is 15.0 Å². The van der Waals surface area contributed by atoms with E-state index in [1.165, 1.54) is 18.9 Å². The van der Waals surface area contributed by atoms with Crippen molar-refractivity contribution >= 4 is 12.0 Å². The standard InChI is InChI=1S/C15H17N3O3/c1-20-13-8-4-5-11(9-10-14(19)17-18-16)15(13)21-12-6-2-3-7-12/h4-5,8-10,12H,2-3,6-7H2,1H3/b10-9+. The summed E-state index contributed by atoms with van der Waals surface area (Å²) in [6.07, 6.45) is 7.36. The number of para-hydroxylation sites is 1. The summed E-state index contributed by atoms with van der Waals surface area (Å²) in [7, 11) is 1.58. The molecule has 1 fully saturated rings. The van der Waals surface area contributed by atoms with E-state index >= 15 is 0 Å². The van der Waals surface area contributed by atoms with E-state index < -0.39 is 5.91 Å². The Morgan fingerprint density at radius 1 is 1.43 bits per heavy atom. The van der Waals surface area contributed by atoms with Crippen LogP contribution in [0, 0.1) is 0 Å². The quantitative estimate of drug-likeness (QED) is 0.356. The predicted octanol–water partition coefficient (Wildman–Crippen LogP) is 3.87. The number of benzene rings is 1. The van der Waals surface area contributed by atoms with Crippen LogP contribution < -0.4 is 9.47 Å². The fourth-order valence-electron chi connectivity index (χ4n) is 2.36. The van der Waals surface area contributed by atoms with Crippen LogP contribution in [-0.4, -0.2) is 19.1 Å². The molecular weight excluding hydrogens is 270 g/mol. The lowest BCUT2D eigenvalue weighted by atomic mass is 10.1. The van der Waals surface area contributed by atoms with Gasteiger partial charge in [0.2, 0.25) is 5.91 Å². The Hall–Kier alpha value is -2.46. The zero-order valence-corrected chi connectivity index (χ0v) is 11.9. The van der Waals surface area contributed by atoms with Crippen LogP contribution in [-0.2, 0) is 4.79 Å². The minimum absolute atomic E-state index is 0.182. The molecule has 1 aliphatic rings. The average molecular weight is 287 g/mol. The minimum Gasteiger partial charge on any atom is -0.493 e. The smallest absolute Gasteiger partial charge is 0.242 e. The lowest BCUT2D eigenvalue weighted by Crippen LogP contribution is -2.12. The fourth-order valence-corrected chi connectivity index (χ4v) is 2.36. The summed E-state index contributed by atoms with van der Waals surface area (Å²) in [6, 6.07) is 5.46. The SMILES string of the molecule is COc1cccc(/C=C/C(=O)N=[N+]=[N-])c1OC1CCCC1. The van der Waals surface area contributed by atoms with Crippen molar-refractivity contribution in [2.75, 3.05) is 7.11 Å². The molecular formula is C15H17N3O3. The van der Waals surface area contributed by atoms with Crippen molar-refractivity contribution in [3.63, 3.8) is 0 Å². The topological polar surface area (TPSA) is 84.3 Å². The van der Waals surface area contributed by atoms with E-state index in [1.807, 2.05) is 18.2 Å². The first-order chi connectivity index (χ1) is 10.2. The van der Waals surface area contributed by atoms with E-state index in [-0.39, 0.29) is 6.10 Å². The van der Waals surface area contributed by atoms with Gasteiger partial charge in [-0.1, -0.05) is 12.1 Å². The maximum absolute atomic E-state index is 11.2. The molecule has 2 rings (SSSR count). The summed E-state index contributed by atoms with van der Waals surface area (Å²) in [6.45, 7) is 0. The van der Waals surface area contributed by atoms with E-state index in [0.29, 0.717) is 11.5 Å². The number of amides is 1. The molecule has 0 aliphatic heterocycles. The van der Waals surface area contributed by atoms with Crippen LogP contribution in [0.3, 0.4) is 0 Å². The molecule has 1 aromatic carbocycles. The molecule has 0 spiro atoms. The highest BCUT2D eigenvalue weighted by Crippen LogP contribution is 2.35. The van der Waals surface area contributed by atoms with Crippen LogP contribution in [0.15, 0.2) is 29.4 Å². The Kier molecular flexibility index (Phi) is 5.23. The Labute approximate surface area is 123 Å². The van der Waals surface area contributed by atoms with Gasteiger partial charge in [-0.3, -0.25) is 4.79 Å². The van der Waals surface area contributed by atoms with Gasteiger partial charge in [0.1, 0.15) is 0 Å². The number of rotatable bonds is 5. The third-order valence-corrected chi connectivity index (χ3v) is 3.36. The number of nitrogens with zero attached hydrogens (tertiary/aromatic N) is 3. The van der Waals surface area contributed by atoms with Gasteiger partial charge in [-0.15, -0.1) is 0 Å². The normalized spacial score (nSPS) is 14.9. The van der Waals surface area contributed by atoms with Gasteiger partial charge >= 0.3 is 0 Å². The molecule has 0 unspecified atom stereocenters. The predicted molar refractivity (Wildman–Crippen MR) is 79.1 cm³/mol. The lowest BCUT2D eigenvalue weighted by molar-refractivity contribution is -0.113. The first kappa shape index (κ1) is 14.9. The van der Waals surface area contributed by atoms with Gasteiger partial charge in [-0.25, -0.2) is 0 Å². The molecule has 0 saturated heterocycles. The molecule has 1 saturated carbocycles. The van der Waals surface area contributed by atoms with Gasteiger partial charge in [-0.05, 0) is 54.5 Å². The van der Waals surface area contributed by atoms with Crippen LogP contribution in [0.2, 0.25) is 0 Å². The van der Waals surface area contributed by atoms with Gasteiger partial charge in [0.15, 0.2) is 11.5 Å². The van der Waals surface area contributed by atoms with Gasteiger partial charge in [0, 0.05) is 10.5 Å². The number of ether oxygens (including phenoxy) is 2. The molecule has 1 aromatic rings. The summed E-state index contributed by atoms with van der Waals surface area (Å²) in [4.78, 5) is 13.7. The maximum atomic E-state index is 11.2. The fraction of sp³-hybridized carbons (Fsp3) is 0.400. The molecule has 6 nitrogen and oxygen atoms in total. The van der Waals surface area contributed by atoms with Crippen molar-refractivity contribution in [2.24, 2.45) is 5.11 Å². The number of hydrogen-bond donors (Lipinski definition) is 0. The molecule has 1 amide bonds. The van der Waals surface area contributed by atoms with Gasteiger partial charge in [0.05, 0.1) is 13.2 Å². The molecule has 0 atom stereocenters. The first-order valence-electron chi connectivity index (χ1n) is 6.85. The molecule has 0 N–H and O–H groups in total. The monoisotopic (exact) mass is 287 g/mol. The molecule has 0 bridgehead atoms. The summed E-state index contributed by atoms with van der Waals surface area (Å²) >= 11 is 0. The minimum atomic E-state index is -0.646. The number of carbonyl (C=O) groups excluding carboxylic acids is 1. The van der Waals surface area contributed by atoms with Crippen molar-refractivity contribution < 1.29 is 14.3 Å². The van der Waals surface area contributed by atoms with Gasteiger partial charge in [-0.2, -0.15) is 0 Å². The number of carbonyl (C=O) groups is 1. The van der Waals surface area contributed by atoms with E-state index in [9.17, 15) is 4.79 Å². The third kappa shape index (κ3) is 4.00. The van der Waals surface area contributed by atoms with Crippen LogP contribution in [0.25, 0.3) is 16.5 Å². The highest BCUT2D eigenvalue weighted by molar-refractivity contribution is 5.92. The molecule has 110 valence electrons. The van der Waals surface area contributed by atoms with Crippen molar-refractivity contribution in [1.82, 2.24) is 0 Å². The molecule has 0 aromatic heterocycles. The lowest BCUT2D eigenvalue weighted by Gasteiger charge is -2.17. The van der Waals surface area contributed by atoms with Gasteiger partial charge < -0.3 is 9.47 Å². The van der Waals surface area contributed by atoms with Crippen LogP contribution in [0.1, 0.15) is 31.2 Å². The maximum Gasteiger partial charge on any atom is 0.242 e. The largest absolute Gasteiger partial charge is 0.493 e. The summed E-state index contributed by atoms with van der Waals surface area (Å²) < 4.78 is 11.4. The Balaban J connectivity index is 2.26. The van der Waals surface area contributed by atoms with Crippen molar-refractivity contribution in [3.05, 3.63) is 40.3 Å². The molecule has 1 aliphatic carbocycles. The van der Waals surface area contributed by atoms with E-state index in [1.54, 1.807) is 13.2 Å². The Morgan fingerprint density at radius 3 is 2.86 bits per heavy atom. The number of hydrogen-bond acceptors (Lipinski definition) is 3. The highest BCUT2D eigenvalue weighted by atomic mass is 16.5. The second-order valence-electron chi connectivity index (χ2n) is 4.76. The van der Waals surface area contributed by atoms with Crippen LogP contribution in [0.5, 0.6) is 11.5 Å². The molecule has 21 heavy (non-hydrogen) atoms. The second-order valence-corrected chi connectivity index (χ2v) is 4.76. The van der Waals surface area contributed by atoms with Gasteiger partial charge in [0.25, 0.3) is 0 Å². The Morgan fingerprint density at radius 2 is 2.19 bits per heavy atom. The van der Waals surface area contributed by atoms with Crippen molar-refractivity contribution in [2.45, 2.75) is 31.8 Å². The third-order valence-electron chi connectivity index (χ3n) is 3.36. The summed E-state index contributed by atoms with van der Waals surface area (Å²) in [5.41, 5.74) is 8.94. The van der Waals surface area contributed by atoms with Crippen LogP contribution in [0.4, 0.5) is 0 Å². The molecule has 0 radical (unpaired) electrons. The zero-order chi connectivity index (χ0) is 15.1. The second kappa shape index (κ2) is 7.36. The van der Waals surface area contributed by atoms with Crippen molar-refractivity contribution in [1.29, 1.82) is 0 Å². The number of methoxy groups -OCH3 is 1. The van der Waals surface area contributed by atoms with E-state index in [2.05, 4.69) is 10.0 Å². The van der Waals surface area contributed by atoms with Crippen LogP contribution >= 0.6 is 0 Å². The summed E-state index contributed by atoms with van der Waals surface area (Å²) in [5, 5.41) is 3.00. The highest BCUT2D eigenvalue weighted by Gasteiger charge is 2.19. The van der Waals surface area contributed by atoms with E-state index in [0.717, 1.165) is 18.4 Å². The zero-order valence-electron chi connectivity index (χ0n) is 11.9. The Bertz CT molecular complexity index is 586.